The van der Waals surface area contributed by atoms with Crippen LogP contribution in [-0.4, -0.2) is 4.40 Å². The summed E-state index contributed by atoms with van der Waals surface area (Å²) in [4.78, 5) is 0. The lowest BCUT2D eigenvalue weighted by atomic mass is 9.46. The average molecular weight is 820 g/mol. The van der Waals surface area contributed by atoms with E-state index < -0.39 is 0 Å². The van der Waals surface area contributed by atoms with Crippen LogP contribution in [0.25, 0.3) is 71.5 Å². The zero-order chi connectivity index (χ0) is 44.8. The monoisotopic (exact) mass is 819 g/mol. The number of hydrogen-bond donors (Lipinski definition) is 0. The summed E-state index contributed by atoms with van der Waals surface area (Å²) < 4.78 is 2.52. The summed E-state index contributed by atoms with van der Waals surface area (Å²) in [5.74, 6) is 0. The summed E-state index contributed by atoms with van der Waals surface area (Å²) in [7, 11) is 0. The number of nitrogens with zero attached hydrogens (tertiary/aromatic N) is 3. The second kappa shape index (κ2) is 10.9. The lowest BCUT2D eigenvalue weighted by Gasteiger charge is -2.57. The molecule has 0 saturated heterocycles. The van der Waals surface area contributed by atoms with Gasteiger partial charge in [0, 0.05) is 43.2 Å². The Kier molecular flexibility index (Phi) is 6.69. The molecule has 4 aliphatic rings. The zero-order valence-electron chi connectivity index (χ0n) is 39.8. The van der Waals surface area contributed by atoms with Gasteiger partial charge in [0.05, 0.1) is 39.8 Å². The van der Waals surface area contributed by atoms with Crippen molar-refractivity contribution in [1.29, 1.82) is 10.5 Å². The fourth-order valence-corrected chi connectivity index (χ4v) is 13.9. The largest absolute Gasteiger partial charge is 0.308 e. The highest BCUT2D eigenvalue weighted by atomic mass is 14.9. The minimum absolute atomic E-state index is 0.0324. The number of aromatic nitrogens is 1. The van der Waals surface area contributed by atoms with Gasteiger partial charge in [-0.05, 0) is 112 Å². The standard InChI is InChI=1S/C60H57N3/c1-54(2,3)32-26-37-43-38(27-32)58(10,11)60(14,15)52-46(43)51(59(12,13)57(37,8)9)47-44-39(24-30(28-61)49-41(44)33-20-16-18-22-35(33)55(49,4)5)63-40-25-31(29-62)50-42(45(40)48(52)53(47)63)34-21-17-19-23-36(34)56(50,6)7/h16-27H,1-15H3. The van der Waals surface area contributed by atoms with Crippen molar-refractivity contribution in [1.82, 2.24) is 4.40 Å². The molecular weight excluding hydrogens is 763 g/mol. The molecule has 0 saturated carbocycles. The smallest absolute Gasteiger partial charge is 0.0995 e. The second-order valence-electron chi connectivity index (χ2n) is 24.0. The van der Waals surface area contributed by atoms with E-state index in [1.807, 2.05) is 0 Å². The third-order valence-corrected chi connectivity index (χ3v) is 18.5. The van der Waals surface area contributed by atoms with Gasteiger partial charge in [-0.25, -0.2) is 0 Å². The molecule has 0 N–H and O–H groups in total. The molecule has 0 atom stereocenters. The van der Waals surface area contributed by atoms with Crippen molar-refractivity contribution in [3.63, 3.8) is 0 Å². The first kappa shape index (κ1) is 38.7. The number of nitriles is 2. The molecule has 312 valence electrons. The van der Waals surface area contributed by atoms with E-state index in [1.165, 1.54) is 99.4 Å². The van der Waals surface area contributed by atoms with Crippen LogP contribution in [0.4, 0.5) is 0 Å². The van der Waals surface area contributed by atoms with Crippen LogP contribution in [0.15, 0.2) is 72.8 Å². The first-order chi connectivity index (χ1) is 29.4. The zero-order valence-corrected chi connectivity index (χ0v) is 39.8. The van der Waals surface area contributed by atoms with Gasteiger partial charge in [-0.1, -0.05) is 165 Å². The van der Waals surface area contributed by atoms with Gasteiger partial charge in [0.25, 0.3) is 0 Å². The van der Waals surface area contributed by atoms with Crippen LogP contribution >= 0.6 is 0 Å². The van der Waals surface area contributed by atoms with Crippen LogP contribution in [0.1, 0.15) is 165 Å². The van der Waals surface area contributed by atoms with Crippen LogP contribution < -0.4 is 0 Å². The van der Waals surface area contributed by atoms with Gasteiger partial charge in [-0.15, -0.1) is 0 Å². The highest BCUT2D eigenvalue weighted by Crippen LogP contribution is 2.69. The van der Waals surface area contributed by atoms with Gasteiger partial charge in [0.2, 0.25) is 0 Å². The van der Waals surface area contributed by atoms with Gasteiger partial charge < -0.3 is 4.40 Å². The molecule has 6 aromatic carbocycles. The fraction of sp³-hybridized carbons (Fsp3) is 0.367. The summed E-state index contributed by atoms with van der Waals surface area (Å²) in [6.07, 6.45) is 0. The molecule has 0 bridgehead atoms. The normalized spacial score (nSPS) is 19.4. The van der Waals surface area contributed by atoms with Gasteiger partial charge in [-0.3, -0.25) is 0 Å². The van der Waals surface area contributed by atoms with E-state index in [4.69, 9.17) is 0 Å². The lowest BCUT2D eigenvalue weighted by Crippen LogP contribution is -2.50. The van der Waals surface area contributed by atoms with Crippen LogP contribution in [-0.2, 0) is 37.9 Å². The molecule has 2 heterocycles. The summed E-state index contributed by atoms with van der Waals surface area (Å²) in [6.45, 7) is 36.4. The predicted octanol–water partition coefficient (Wildman–Crippen LogP) is 15.3. The van der Waals surface area contributed by atoms with Gasteiger partial charge in [0.1, 0.15) is 0 Å². The van der Waals surface area contributed by atoms with E-state index in [9.17, 15) is 10.5 Å². The van der Waals surface area contributed by atoms with E-state index in [0.717, 1.165) is 33.3 Å². The van der Waals surface area contributed by atoms with Gasteiger partial charge >= 0.3 is 0 Å². The Morgan fingerprint density at radius 2 is 0.841 bits per heavy atom. The SMILES string of the molecule is CC(C)(C)c1cc2c3c(c1)C(C)(C)C(C)(C)c1c-3c(c3c4c5c(c(C#N)cc4n4c6cc(C#N)c7c(c6c1c34)-c1ccccc1C7(C)C)C(C)(C)c1ccccc1-5)C(C)(C)C2(C)C. The van der Waals surface area contributed by atoms with Crippen molar-refractivity contribution in [2.45, 2.75) is 142 Å². The van der Waals surface area contributed by atoms with Crippen LogP contribution in [0, 0.1) is 22.7 Å². The van der Waals surface area contributed by atoms with E-state index >= 15 is 0 Å². The minimum Gasteiger partial charge on any atom is -0.308 e. The molecule has 3 nitrogen and oxygen atoms in total. The summed E-state index contributed by atoms with van der Waals surface area (Å²) in [5, 5.41) is 27.6. The highest BCUT2D eigenvalue weighted by molar-refractivity contribution is 6.33. The van der Waals surface area contributed by atoms with E-state index in [1.54, 1.807) is 0 Å². The Bertz CT molecular complexity index is 3380. The maximum Gasteiger partial charge on any atom is 0.0995 e. The van der Waals surface area contributed by atoms with Crippen molar-refractivity contribution in [3.8, 4) is 45.5 Å². The van der Waals surface area contributed by atoms with E-state index in [2.05, 4.69) is 193 Å². The number of fused-ring (bicyclic) bond motifs is 16. The Morgan fingerprint density at radius 3 is 1.22 bits per heavy atom. The number of rotatable bonds is 0. The number of benzene rings is 6. The summed E-state index contributed by atoms with van der Waals surface area (Å²) >= 11 is 0. The predicted molar refractivity (Wildman–Crippen MR) is 262 cm³/mol. The molecule has 0 unspecified atom stereocenters. The van der Waals surface area contributed by atoms with Crippen LogP contribution in [0.5, 0.6) is 0 Å². The molecule has 0 fully saturated rings. The molecule has 12 rings (SSSR count). The van der Waals surface area contributed by atoms with Crippen LogP contribution in [0.3, 0.4) is 0 Å². The molecule has 0 aliphatic heterocycles. The first-order valence-electron chi connectivity index (χ1n) is 23.1. The molecule has 0 amide bonds. The quantitative estimate of drug-likeness (QED) is 0.153. The fourth-order valence-electron chi connectivity index (χ4n) is 13.9. The third-order valence-electron chi connectivity index (χ3n) is 18.5. The molecule has 4 aliphatic carbocycles. The van der Waals surface area contributed by atoms with Crippen LogP contribution in [0.2, 0.25) is 0 Å². The molecular formula is C60H57N3. The topological polar surface area (TPSA) is 52.0 Å². The highest BCUT2D eigenvalue weighted by Gasteiger charge is 2.57. The molecule has 3 heteroatoms. The Morgan fingerprint density at radius 1 is 0.444 bits per heavy atom. The maximum absolute atomic E-state index is 11.2. The summed E-state index contributed by atoms with van der Waals surface area (Å²) in [6, 6.07) is 32.8. The van der Waals surface area contributed by atoms with Crippen molar-refractivity contribution in [2.24, 2.45) is 0 Å². The average Bonchev–Trinajstić information content (AvgIpc) is 3.88. The maximum atomic E-state index is 11.2. The molecule has 8 aromatic rings. The molecule has 2 aromatic heterocycles. The van der Waals surface area contributed by atoms with E-state index in [0.29, 0.717) is 0 Å². The molecule has 0 spiro atoms. The van der Waals surface area contributed by atoms with Gasteiger partial charge in [-0.2, -0.15) is 10.5 Å². The Balaban J connectivity index is 1.48. The van der Waals surface area contributed by atoms with Crippen molar-refractivity contribution in [2.75, 3.05) is 0 Å². The van der Waals surface area contributed by atoms with Crippen molar-refractivity contribution in [3.05, 3.63) is 134 Å². The molecule has 63 heavy (non-hydrogen) atoms. The third kappa shape index (κ3) is 3.94. The second-order valence-corrected chi connectivity index (χ2v) is 24.0. The summed E-state index contributed by atoms with van der Waals surface area (Å²) in [5.41, 5.74) is 22.4. The first-order valence-corrected chi connectivity index (χ1v) is 23.1. The van der Waals surface area contributed by atoms with Crippen molar-refractivity contribution >= 4 is 38.1 Å². The van der Waals surface area contributed by atoms with E-state index in [-0.39, 0.29) is 37.9 Å². The van der Waals surface area contributed by atoms with Gasteiger partial charge in [0.15, 0.2) is 0 Å². The van der Waals surface area contributed by atoms with Crippen molar-refractivity contribution < 1.29 is 0 Å². The number of hydrogen-bond acceptors (Lipinski definition) is 2. The Labute approximate surface area is 372 Å². The lowest BCUT2D eigenvalue weighted by molar-refractivity contribution is 0.278. The minimum atomic E-state index is -0.371. The Hall–Kier alpha value is -5.90. The molecule has 0 radical (unpaired) electrons.